The fourth-order valence-electron chi connectivity index (χ4n) is 3.42. The summed E-state index contributed by atoms with van der Waals surface area (Å²) < 4.78 is 0. The van der Waals surface area contributed by atoms with Gasteiger partial charge in [-0.3, -0.25) is 9.59 Å². The molecule has 0 aliphatic carbocycles. The molecule has 0 unspecified atom stereocenters. The van der Waals surface area contributed by atoms with E-state index in [1.54, 1.807) is 0 Å². The van der Waals surface area contributed by atoms with Crippen molar-refractivity contribution in [2.75, 3.05) is 31.1 Å². The van der Waals surface area contributed by atoms with E-state index >= 15 is 0 Å². The summed E-state index contributed by atoms with van der Waals surface area (Å²) in [6.45, 7) is 9.37. The van der Waals surface area contributed by atoms with Crippen LogP contribution >= 0.6 is 0 Å². The van der Waals surface area contributed by atoms with Crippen molar-refractivity contribution < 1.29 is 9.59 Å². The van der Waals surface area contributed by atoms with Crippen LogP contribution in [-0.2, 0) is 4.79 Å². The lowest BCUT2D eigenvalue weighted by molar-refractivity contribution is -0.131. The average molecular weight is 359 g/mol. The number of carbonyl (C=O) groups is 2. The summed E-state index contributed by atoms with van der Waals surface area (Å²) in [5.41, 5.74) is 1.91. The minimum Gasteiger partial charge on any atom is -0.368 e. The number of benzene rings is 1. The van der Waals surface area contributed by atoms with Crippen molar-refractivity contribution >= 4 is 17.4 Å². The lowest BCUT2D eigenvalue weighted by atomic mass is 10.0. The first-order valence-electron chi connectivity index (χ1n) is 10.2. The Labute approximate surface area is 158 Å². The Balaban J connectivity index is 1.77. The number of rotatable bonds is 9. The van der Waals surface area contributed by atoms with E-state index in [0.29, 0.717) is 12.3 Å². The fraction of sp³-hybridized carbons (Fsp3) is 0.636. The minimum absolute atomic E-state index is 0.0254. The van der Waals surface area contributed by atoms with Crippen molar-refractivity contribution in [2.24, 2.45) is 5.92 Å². The van der Waals surface area contributed by atoms with Crippen LogP contribution in [0, 0.1) is 5.92 Å². The van der Waals surface area contributed by atoms with Crippen molar-refractivity contribution in [3.8, 4) is 0 Å². The van der Waals surface area contributed by atoms with E-state index in [9.17, 15) is 9.59 Å². The van der Waals surface area contributed by atoms with E-state index in [4.69, 9.17) is 0 Å². The van der Waals surface area contributed by atoms with Crippen LogP contribution in [0.5, 0.6) is 0 Å². The molecule has 2 rings (SSSR count). The monoisotopic (exact) mass is 358 g/mol. The molecule has 144 valence electrons. The number of anilines is 1. The first-order valence-corrected chi connectivity index (χ1v) is 10.2. The van der Waals surface area contributed by atoms with E-state index in [2.05, 4.69) is 11.8 Å². The van der Waals surface area contributed by atoms with E-state index in [0.717, 1.165) is 43.9 Å². The van der Waals surface area contributed by atoms with Gasteiger partial charge < -0.3 is 9.80 Å². The summed E-state index contributed by atoms with van der Waals surface area (Å²) in [7, 11) is 0. The highest BCUT2D eigenvalue weighted by Gasteiger charge is 2.21. The van der Waals surface area contributed by atoms with Crippen molar-refractivity contribution in [1.29, 1.82) is 0 Å². The minimum atomic E-state index is 0.0254. The second kappa shape index (κ2) is 10.3. The van der Waals surface area contributed by atoms with Gasteiger partial charge >= 0.3 is 0 Å². The summed E-state index contributed by atoms with van der Waals surface area (Å²) >= 11 is 0. The van der Waals surface area contributed by atoms with Gasteiger partial charge in [0.05, 0.1) is 0 Å². The van der Waals surface area contributed by atoms with Crippen molar-refractivity contribution in [3.63, 3.8) is 0 Å². The van der Waals surface area contributed by atoms with E-state index in [1.807, 2.05) is 43.0 Å². The lowest BCUT2D eigenvalue weighted by Gasteiger charge is -2.36. The smallest absolute Gasteiger partial charge is 0.222 e. The largest absolute Gasteiger partial charge is 0.368 e. The molecule has 0 bridgehead atoms. The molecular formula is C22H34N2O2. The predicted octanol–water partition coefficient (Wildman–Crippen LogP) is 4.53. The molecule has 4 nitrogen and oxygen atoms in total. The van der Waals surface area contributed by atoms with Crippen LogP contribution in [0.2, 0.25) is 0 Å². The van der Waals surface area contributed by atoms with Crippen LogP contribution in [0.15, 0.2) is 24.3 Å². The molecule has 1 heterocycles. The molecule has 4 heteroatoms. The molecule has 1 amide bonds. The third-order valence-corrected chi connectivity index (χ3v) is 5.17. The Morgan fingerprint density at radius 1 is 0.923 bits per heavy atom. The standard InChI is InChI=1S/C22H34N2O2/c1-4-5-6-7-8-9-21(25)24-16-14-23(15-17-24)20-12-10-19(11-13-20)22(26)18(2)3/h10-13,18H,4-9,14-17H2,1-3H3. The lowest BCUT2D eigenvalue weighted by Crippen LogP contribution is -2.48. The highest BCUT2D eigenvalue weighted by molar-refractivity contribution is 5.97. The molecule has 1 fully saturated rings. The summed E-state index contributed by atoms with van der Waals surface area (Å²) in [5, 5.41) is 0. The molecule has 0 N–H and O–H groups in total. The Hall–Kier alpha value is -1.84. The van der Waals surface area contributed by atoms with Crippen LogP contribution in [0.4, 0.5) is 5.69 Å². The molecule has 0 saturated carbocycles. The van der Waals surface area contributed by atoms with Gasteiger partial charge in [0.15, 0.2) is 5.78 Å². The number of Topliss-reactive ketones (excluding diaryl/α,β-unsaturated/α-hetero) is 1. The molecule has 0 atom stereocenters. The second-order valence-electron chi connectivity index (χ2n) is 7.60. The summed E-state index contributed by atoms with van der Waals surface area (Å²) in [6.07, 6.45) is 6.63. The zero-order valence-electron chi connectivity index (χ0n) is 16.7. The molecule has 1 aliphatic heterocycles. The van der Waals surface area contributed by atoms with Crippen LogP contribution in [-0.4, -0.2) is 42.8 Å². The predicted molar refractivity (Wildman–Crippen MR) is 108 cm³/mol. The summed E-state index contributed by atoms with van der Waals surface area (Å²) in [4.78, 5) is 28.7. The SMILES string of the molecule is CCCCCCCC(=O)N1CCN(c2ccc(C(=O)C(C)C)cc2)CC1. The van der Waals surface area contributed by atoms with Gasteiger partial charge in [-0.1, -0.05) is 46.5 Å². The maximum atomic E-state index is 12.3. The number of amides is 1. The van der Waals surface area contributed by atoms with Crippen molar-refractivity contribution in [2.45, 2.75) is 59.3 Å². The van der Waals surface area contributed by atoms with Gasteiger partial charge in [0.2, 0.25) is 5.91 Å². The number of hydrogen-bond donors (Lipinski definition) is 0. The average Bonchev–Trinajstić information content (AvgIpc) is 2.67. The van der Waals surface area contributed by atoms with Gasteiger partial charge in [0, 0.05) is 49.8 Å². The Morgan fingerprint density at radius 2 is 1.54 bits per heavy atom. The third-order valence-electron chi connectivity index (χ3n) is 5.17. The highest BCUT2D eigenvalue weighted by Crippen LogP contribution is 2.19. The molecule has 0 spiro atoms. The van der Waals surface area contributed by atoms with Gasteiger partial charge in [-0.25, -0.2) is 0 Å². The maximum absolute atomic E-state index is 12.3. The molecule has 1 aliphatic rings. The molecule has 1 saturated heterocycles. The Morgan fingerprint density at radius 3 is 2.12 bits per heavy atom. The normalized spacial score (nSPS) is 14.8. The fourth-order valence-corrected chi connectivity index (χ4v) is 3.42. The third kappa shape index (κ3) is 5.86. The first-order chi connectivity index (χ1) is 12.5. The molecule has 26 heavy (non-hydrogen) atoms. The summed E-state index contributed by atoms with van der Waals surface area (Å²) in [5.74, 6) is 0.516. The number of carbonyl (C=O) groups excluding carboxylic acids is 2. The number of piperazine rings is 1. The van der Waals surface area contributed by atoms with Crippen LogP contribution < -0.4 is 4.90 Å². The quantitative estimate of drug-likeness (QED) is 0.481. The number of hydrogen-bond acceptors (Lipinski definition) is 3. The highest BCUT2D eigenvalue weighted by atomic mass is 16.2. The molecular weight excluding hydrogens is 324 g/mol. The van der Waals surface area contributed by atoms with Crippen molar-refractivity contribution in [1.82, 2.24) is 4.90 Å². The Kier molecular flexibility index (Phi) is 8.14. The zero-order valence-corrected chi connectivity index (χ0v) is 16.7. The maximum Gasteiger partial charge on any atom is 0.222 e. The molecule has 0 aromatic heterocycles. The van der Waals surface area contributed by atoms with Gasteiger partial charge in [0.1, 0.15) is 0 Å². The second-order valence-corrected chi connectivity index (χ2v) is 7.60. The van der Waals surface area contributed by atoms with E-state index < -0.39 is 0 Å². The number of ketones is 1. The van der Waals surface area contributed by atoms with Crippen LogP contribution in [0.1, 0.15) is 69.7 Å². The number of nitrogens with zero attached hydrogens (tertiary/aromatic N) is 2. The van der Waals surface area contributed by atoms with Gasteiger partial charge in [-0.2, -0.15) is 0 Å². The van der Waals surface area contributed by atoms with Crippen molar-refractivity contribution in [3.05, 3.63) is 29.8 Å². The van der Waals surface area contributed by atoms with Crippen LogP contribution in [0.3, 0.4) is 0 Å². The van der Waals surface area contributed by atoms with E-state index in [-0.39, 0.29) is 11.7 Å². The van der Waals surface area contributed by atoms with Gasteiger partial charge in [-0.05, 0) is 30.7 Å². The molecule has 0 radical (unpaired) electrons. The molecule has 1 aromatic rings. The van der Waals surface area contributed by atoms with Gasteiger partial charge in [-0.15, -0.1) is 0 Å². The first kappa shape index (κ1) is 20.5. The topological polar surface area (TPSA) is 40.6 Å². The molecule has 1 aromatic carbocycles. The van der Waals surface area contributed by atoms with Crippen LogP contribution in [0.25, 0.3) is 0 Å². The van der Waals surface area contributed by atoms with E-state index in [1.165, 1.54) is 25.7 Å². The zero-order chi connectivity index (χ0) is 18.9. The Bertz CT molecular complexity index is 572. The number of unbranched alkanes of at least 4 members (excludes halogenated alkanes) is 4. The van der Waals surface area contributed by atoms with Gasteiger partial charge in [0.25, 0.3) is 0 Å². The summed E-state index contributed by atoms with van der Waals surface area (Å²) in [6, 6.07) is 7.90.